The second-order valence-electron chi connectivity index (χ2n) is 5.86. The fourth-order valence-electron chi connectivity index (χ4n) is 1.43. The number of rotatable bonds is 8. The average molecular weight is 271 g/mol. The van der Waals surface area contributed by atoms with Gasteiger partial charge >= 0.3 is 0 Å². The highest BCUT2D eigenvalue weighted by molar-refractivity contribution is 5.90. The first-order valence-corrected chi connectivity index (χ1v) is 6.61. The maximum absolute atomic E-state index is 8.78. The Balaban J connectivity index is 4.02. The van der Waals surface area contributed by atoms with E-state index in [9.17, 15) is 0 Å². The van der Waals surface area contributed by atoms with E-state index >= 15 is 0 Å². The summed E-state index contributed by atoms with van der Waals surface area (Å²) in [4.78, 5) is 0. The van der Waals surface area contributed by atoms with Crippen LogP contribution in [0.1, 0.15) is 48.0 Å². The minimum absolute atomic E-state index is 0.188. The molecule has 0 saturated carbocycles. The Labute approximate surface area is 116 Å². The van der Waals surface area contributed by atoms with Crippen LogP contribution < -0.4 is 16.5 Å². The first-order chi connectivity index (χ1) is 8.67. The Morgan fingerprint density at radius 1 is 1.00 bits per heavy atom. The van der Waals surface area contributed by atoms with Crippen molar-refractivity contribution in [2.45, 2.75) is 59.0 Å². The number of nitrogens with zero attached hydrogens (tertiary/aromatic N) is 2. The van der Waals surface area contributed by atoms with Crippen molar-refractivity contribution < 1.29 is 5.21 Å². The molecule has 0 aromatic carbocycles. The summed E-state index contributed by atoms with van der Waals surface area (Å²) in [6, 6.07) is 0. The standard InChI is InChI=1S/C13H29N5O/c1-10(17-14)12(3,4)15-8-7-9-16-13(5,6)11(2)18-19/h15-16,19H,7-9,14H2,1-6H3. The Kier molecular flexibility index (Phi) is 7.00. The molecule has 0 radical (unpaired) electrons. The van der Waals surface area contributed by atoms with Crippen molar-refractivity contribution in [1.82, 2.24) is 10.6 Å². The van der Waals surface area contributed by atoms with E-state index in [2.05, 4.69) is 34.7 Å². The van der Waals surface area contributed by atoms with Gasteiger partial charge in [-0.05, 0) is 61.1 Å². The number of hydrogen-bond acceptors (Lipinski definition) is 6. The molecule has 0 heterocycles. The van der Waals surface area contributed by atoms with Crippen LogP contribution in [-0.4, -0.2) is 40.8 Å². The quantitative estimate of drug-likeness (QED) is 0.176. The molecule has 0 spiro atoms. The molecule has 0 aliphatic rings. The molecule has 6 heteroatoms. The van der Waals surface area contributed by atoms with Gasteiger partial charge in [-0.15, -0.1) is 0 Å². The smallest absolute Gasteiger partial charge is 0.0734 e. The number of nitrogens with one attached hydrogen (secondary N) is 2. The van der Waals surface area contributed by atoms with Gasteiger partial charge in [-0.1, -0.05) is 5.16 Å². The lowest BCUT2D eigenvalue weighted by molar-refractivity contribution is 0.310. The van der Waals surface area contributed by atoms with Gasteiger partial charge in [-0.2, -0.15) is 5.10 Å². The van der Waals surface area contributed by atoms with E-state index in [1.807, 2.05) is 20.8 Å². The van der Waals surface area contributed by atoms with Gasteiger partial charge in [0, 0.05) is 0 Å². The van der Waals surface area contributed by atoms with Crippen LogP contribution in [0.3, 0.4) is 0 Å². The molecule has 5 N–H and O–H groups in total. The second kappa shape index (κ2) is 7.45. The van der Waals surface area contributed by atoms with Crippen LogP contribution in [0.4, 0.5) is 0 Å². The third kappa shape index (κ3) is 6.02. The summed E-state index contributed by atoms with van der Waals surface area (Å²) in [7, 11) is 0. The molecule has 6 nitrogen and oxygen atoms in total. The molecule has 0 aromatic heterocycles. The van der Waals surface area contributed by atoms with Crippen LogP contribution in [0.15, 0.2) is 10.3 Å². The van der Waals surface area contributed by atoms with Crippen molar-refractivity contribution in [3.05, 3.63) is 0 Å². The lowest BCUT2D eigenvalue weighted by atomic mass is 9.99. The first kappa shape index (κ1) is 17.9. The maximum atomic E-state index is 8.78. The molecule has 0 bridgehead atoms. The summed E-state index contributed by atoms with van der Waals surface area (Å²) < 4.78 is 0. The Morgan fingerprint density at radius 2 is 1.42 bits per heavy atom. The van der Waals surface area contributed by atoms with Crippen molar-refractivity contribution in [1.29, 1.82) is 0 Å². The van der Waals surface area contributed by atoms with Gasteiger partial charge < -0.3 is 21.7 Å². The molecule has 19 heavy (non-hydrogen) atoms. The molecule has 0 aromatic rings. The zero-order valence-corrected chi connectivity index (χ0v) is 13.0. The van der Waals surface area contributed by atoms with E-state index in [1.165, 1.54) is 0 Å². The van der Waals surface area contributed by atoms with Gasteiger partial charge in [0.05, 0.1) is 22.5 Å². The number of nitrogens with two attached hydrogens (primary N) is 1. The third-order valence-corrected chi connectivity index (χ3v) is 3.64. The summed E-state index contributed by atoms with van der Waals surface area (Å²) in [5.74, 6) is 5.29. The van der Waals surface area contributed by atoms with Gasteiger partial charge in [-0.3, -0.25) is 0 Å². The molecule has 0 atom stereocenters. The highest BCUT2D eigenvalue weighted by atomic mass is 16.4. The summed E-state index contributed by atoms with van der Waals surface area (Å²) in [6.07, 6.45) is 0.962. The van der Waals surface area contributed by atoms with Crippen LogP contribution in [-0.2, 0) is 0 Å². The van der Waals surface area contributed by atoms with Crippen molar-refractivity contribution in [3.63, 3.8) is 0 Å². The van der Waals surface area contributed by atoms with E-state index in [0.29, 0.717) is 5.71 Å². The summed E-state index contributed by atoms with van der Waals surface area (Å²) in [6.45, 7) is 13.5. The number of hydrogen-bond donors (Lipinski definition) is 4. The fraction of sp³-hybridized carbons (Fsp3) is 0.846. The summed E-state index contributed by atoms with van der Waals surface area (Å²) >= 11 is 0. The Hall–Kier alpha value is -1.14. The molecule has 0 unspecified atom stereocenters. The van der Waals surface area contributed by atoms with Crippen LogP contribution in [0.25, 0.3) is 0 Å². The average Bonchev–Trinajstić information content (AvgIpc) is 2.35. The van der Waals surface area contributed by atoms with Crippen molar-refractivity contribution >= 4 is 11.4 Å². The molecular formula is C13H29N5O. The van der Waals surface area contributed by atoms with Crippen LogP contribution in [0, 0.1) is 0 Å². The predicted octanol–water partition coefficient (Wildman–Crippen LogP) is 1.30. The Morgan fingerprint density at radius 3 is 1.79 bits per heavy atom. The molecule has 0 rings (SSSR count). The summed E-state index contributed by atoms with van der Waals surface area (Å²) in [5, 5.41) is 22.5. The van der Waals surface area contributed by atoms with E-state index in [4.69, 9.17) is 11.0 Å². The van der Waals surface area contributed by atoms with Gasteiger partial charge in [-0.25, -0.2) is 0 Å². The topological polar surface area (TPSA) is 95.0 Å². The van der Waals surface area contributed by atoms with Gasteiger partial charge in [0.1, 0.15) is 0 Å². The van der Waals surface area contributed by atoms with Gasteiger partial charge in [0.2, 0.25) is 0 Å². The van der Waals surface area contributed by atoms with E-state index in [1.54, 1.807) is 6.92 Å². The minimum atomic E-state index is -0.293. The number of oxime groups is 1. The zero-order chi connectivity index (χ0) is 15.1. The van der Waals surface area contributed by atoms with E-state index in [-0.39, 0.29) is 11.1 Å². The van der Waals surface area contributed by atoms with Crippen LogP contribution in [0.2, 0.25) is 0 Å². The zero-order valence-electron chi connectivity index (χ0n) is 13.0. The van der Waals surface area contributed by atoms with Gasteiger partial charge in [0.15, 0.2) is 0 Å². The molecule has 0 aliphatic carbocycles. The van der Waals surface area contributed by atoms with E-state index < -0.39 is 0 Å². The van der Waals surface area contributed by atoms with Crippen molar-refractivity contribution in [2.24, 2.45) is 16.1 Å². The van der Waals surface area contributed by atoms with E-state index in [0.717, 1.165) is 25.2 Å². The predicted molar refractivity (Wildman–Crippen MR) is 81.0 cm³/mol. The highest BCUT2D eigenvalue weighted by Crippen LogP contribution is 2.06. The third-order valence-electron chi connectivity index (χ3n) is 3.64. The van der Waals surface area contributed by atoms with Crippen LogP contribution in [0.5, 0.6) is 0 Å². The lowest BCUT2D eigenvalue weighted by Gasteiger charge is -2.27. The normalized spacial score (nSPS) is 14.8. The SMILES string of the molecule is CC(=NN)C(C)(C)NCCCNC(C)(C)C(C)=NO. The maximum Gasteiger partial charge on any atom is 0.0734 e. The monoisotopic (exact) mass is 271 g/mol. The highest BCUT2D eigenvalue weighted by Gasteiger charge is 2.22. The first-order valence-electron chi connectivity index (χ1n) is 6.61. The largest absolute Gasteiger partial charge is 0.411 e. The molecule has 0 fully saturated rings. The number of hydrazone groups is 1. The van der Waals surface area contributed by atoms with Gasteiger partial charge in [0.25, 0.3) is 0 Å². The molecular weight excluding hydrogens is 242 g/mol. The second-order valence-corrected chi connectivity index (χ2v) is 5.86. The summed E-state index contributed by atoms with van der Waals surface area (Å²) in [5.41, 5.74) is 1.07. The molecule has 0 amide bonds. The molecule has 112 valence electrons. The van der Waals surface area contributed by atoms with Crippen LogP contribution >= 0.6 is 0 Å². The minimum Gasteiger partial charge on any atom is -0.411 e. The molecule has 0 aliphatic heterocycles. The fourth-order valence-corrected chi connectivity index (χ4v) is 1.43. The van der Waals surface area contributed by atoms with Crippen molar-refractivity contribution in [2.75, 3.05) is 13.1 Å². The lowest BCUT2D eigenvalue weighted by Crippen LogP contribution is -2.49. The molecule has 0 saturated heterocycles. The van der Waals surface area contributed by atoms with Crippen molar-refractivity contribution in [3.8, 4) is 0 Å². The Bertz CT molecular complexity index is 302.